The maximum Gasteiger partial charge on any atom is 0.125 e. The highest BCUT2D eigenvalue weighted by molar-refractivity contribution is 5.35. The van der Waals surface area contributed by atoms with Crippen molar-refractivity contribution < 1.29 is 14.9 Å². The number of para-hydroxylation sites is 1. The molecule has 0 bridgehead atoms. The van der Waals surface area contributed by atoms with Crippen molar-refractivity contribution in [2.24, 2.45) is 0 Å². The molecule has 90 valence electrons. The van der Waals surface area contributed by atoms with Crippen LogP contribution in [0.4, 0.5) is 0 Å². The Kier molecular flexibility index (Phi) is 4.77. The summed E-state index contributed by atoms with van der Waals surface area (Å²) in [7, 11) is 0. The number of ether oxygens (including phenoxy) is 1. The van der Waals surface area contributed by atoms with Crippen LogP contribution in [-0.2, 0) is 0 Å². The van der Waals surface area contributed by atoms with Crippen LogP contribution in [0.1, 0.15) is 38.9 Å². The van der Waals surface area contributed by atoms with Gasteiger partial charge in [-0.1, -0.05) is 25.1 Å². The van der Waals surface area contributed by atoms with E-state index in [1.165, 1.54) is 0 Å². The molecule has 0 radical (unpaired) electrons. The minimum absolute atomic E-state index is 0.287. The van der Waals surface area contributed by atoms with Crippen LogP contribution in [0.25, 0.3) is 0 Å². The summed E-state index contributed by atoms with van der Waals surface area (Å²) in [6.07, 6.45) is -0.696. The van der Waals surface area contributed by atoms with E-state index in [1.54, 1.807) is 13.8 Å². The molecule has 3 nitrogen and oxygen atoms in total. The first-order chi connectivity index (χ1) is 7.56. The molecule has 16 heavy (non-hydrogen) atoms. The number of benzene rings is 1. The van der Waals surface area contributed by atoms with Gasteiger partial charge in [0.1, 0.15) is 11.9 Å². The Labute approximate surface area is 96.7 Å². The highest BCUT2D eigenvalue weighted by Crippen LogP contribution is 2.27. The first-order valence-electron chi connectivity index (χ1n) is 5.68. The monoisotopic (exact) mass is 224 g/mol. The summed E-state index contributed by atoms with van der Waals surface area (Å²) in [4.78, 5) is 0. The molecule has 1 rings (SSSR count). The highest BCUT2D eigenvalue weighted by Gasteiger charge is 2.15. The van der Waals surface area contributed by atoms with Gasteiger partial charge in [0.25, 0.3) is 0 Å². The van der Waals surface area contributed by atoms with E-state index in [1.807, 2.05) is 31.2 Å². The zero-order valence-corrected chi connectivity index (χ0v) is 10.1. The van der Waals surface area contributed by atoms with Crippen LogP contribution in [0, 0.1) is 0 Å². The van der Waals surface area contributed by atoms with Crippen molar-refractivity contribution >= 4 is 0 Å². The fourth-order valence-corrected chi connectivity index (χ4v) is 1.38. The van der Waals surface area contributed by atoms with E-state index in [0.717, 1.165) is 5.56 Å². The first kappa shape index (κ1) is 13.0. The summed E-state index contributed by atoms with van der Waals surface area (Å²) in [6.45, 7) is 5.41. The second kappa shape index (κ2) is 5.87. The molecular formula is C13H20O3. The molecule has 0 saturated carbocycles. The third-order valence-electron chi connectivity index (χ3n) is 2.66. The first-order valence-corrected chi connectivity index (χ1v) is 5.68. The second-order valence-corrected chi connectivity index (χ2v) is 4.03. The van der Waals surface area contributed by atoms with Gasteiger partial charge in [-0.25, -0.2) is 0 Å². The van der Waals surface area contributed by atoms with Crippen LogP contribution in [0.3, 0.4) is 0 Å². The van der Waals surface area contributed by atoms with E-state index < -0.39 is 12.2 Å². The summed E-state index contributed by atoms with van der Waals surface area (Å²) >= 11 is 0. The van der Waals surface area contributed by atoms with E-state index in [2.05, 4.69) is 0 Å². The largest absolute Gasteiger partial charge is 0.488 e. The van der Waals surface area contributed by atoms with Crippen molar-refractivity contribution in [1.29, 1.82) is 0 Å². The van der Waals surface area contributed by atoms with Crippen LogP contribution < -0.4 is 4.74 Å². The zero-order chi connectivity index (χ0) is 12.1. The van der Waals surface area contributed by atoms with Gasteiger partial charge in [0, 0.05) is 5.56 Å². The lowest BCUT2D eigenvalue weighted by Crippen LogP contribution is -2.26. The molecular weight excluding hydrogens is 204 g/mol. The lowest BCUT2D eigenvalue weighted by atomic mass is 10.1. The third kappa shape index (κ3) is 3.22. The molecule has 0 aromatic heterocycles. The molecule has 0 saturated heterocycles. The van der Waals surface area contributed by atoms with E-state index in [-0.39, 0.29) is 6.10 Å². The van der Waals surface area contributed by atoms with Gasteiger partial charge in [0.2, 0.25) is 0 Å². The fraction of sp³-hybridized carbons (Fsp3) is 0.538. The molecule has 0 heterocycles. The predicted octanol–water partition coefficient (Wildman–Crippen LogP) is 2.28. The topological polar surface area (TPSA) is 49.7 Å². The molecule has 0 spiro atoms. The van der Waals surface area contributed by atoms with E-state index in [0.29, 0.717) is 12.2 Å². The van der Waals surface area contributed by atoms with Crippen molar-refractivity contribution in [2.75, 3.05) is 0 Å². The molecule has 0 aliphatic carbocycles. The van der Waals surface area contributed by atoms with Crippen LogP contribution >= 0.6 is 0 Å². The molecule has 1 aromatic carbocycles. The smallest absolute Gasteiger partial charge is 0.125 e. The van der Waals surface area contributed by atoms with Gasteiger partial charge in [-0.2, -0.15) is 0 Å². The van der Waals surface area contributed by atoms with Crippen molar-refractivity contribution in [3.63, 3.8) is 0 Å². The molecule has 0 aliphatic rings. The van der Waals surface area contributed by atoms with Crippen molar-refractivity contribution in [1.82, 2.24) is 0 Å². The summed E-state index contributed by atoms with van der Waals surface area (Å²) in [6, 6.07) is 7.38. The summed E-state index contributed by atoms with van der Waals surface area (Å²) in [5.74, 6) is 0.644. The lowest BCUT2D eigenvalue weighted by molar-refractivity contribution is 0.0572. The molecule has 1 aromatic rings. The summed E-state index contributed by atoms with van der Waals surface area (Å²) in [5, 5.41) is 19.2. The molecule has 0 amide bonds. The van der Waals surface area contributed by atoms with Crippen LogP contribution in [-0.4, -0.2) is 22.4 Å². The molecule has 0 aliphatic heterocycles. The zero-order valence-electron chi connectivity index (χ0n) is 10.1. The Bertz CT molecular complexity index is 323. The van der Waals surface area contributed by atoms with Crippen LogP contribution in [0.5, 0.6) is 5.75 Å². The minimum Gasteiger partial charge on any atom is -0.488 e. The minimum atomic E-state index is -0.535. The average Bonchev–Trinajstić information content (AvgIpc) is 2.28. The van der Waals surface area contributed by atoms with Gasteiger partial charge in [-0.3, -0.25) is 0 Å². The number of hydrogen-bond acceptors (Lipinski definition) is 3. The Morgan fingerprint density at radius 2 is 1.81 bits per heavy atom. The SMILES string of the molecule is CC[C@H](O)c1ccccc1OC(C)C(C)O. The standard InChI is InChI=1S/C13H20O3/c1-4-12(15)11-7-5-6-8-13(11)16-10(3)9(2)14/h5-10,12,14-15H,4H2,1-3H3/t9?,10?,12-/m0/s1. The van der Waals surface area contributed by atoms with Gasteiger partial charge in [0.05, 0.1) is 12.2 Å². The number of aliphatic hydroxyl groups excluding tert-OH is 2. The molecule has 3 atom stereocenters. The maximum absolute atomic E-state index is 9.82. The number of aliphatic hydroxyl groups is 2. The van der Waals surface area contributed by atoms with Crippen molar-refractivity contribution in [3.8, 4) is 5.75 Å². The van der Waals surface area contributed by atoms with Gasteiger partial charge < -0.3 is 14.9 Å². The normalized spacial score (nSPS) is 16.6. The Hall–Kier alpha value is -1.06. The number of hydrogen-bond donors (Lipinski definition) is 2. The summed E-state index contributed by atoms with van der Waals surface area (Å²) in [5.41, 5.74) is 0.775. The van der Waals surface area contributed by atoms with Gasteiger partial charge >= 0.3 is 0 Å². The average molecular weight is 224 g/mol. The molecule has 2 unspecified atom stereocenters. The van der Waals surface area contributed by atoms with Crippen molar-refractivity contribution in [2.45, 2.75) is 45.5 Å². The number of rotatable bonds is 5. The van der Waals surface area contributed by atoms with E-state index >= 15 is 0 Å². The highest BCUT2D eigenvalue weighted by atomic mass is 16.5. The summed E-state index contributed by atoms with van der Waals surface area (Å²) < 4.78 is 5.62. The van der Waals surface area contributed by atoms with Gasteiger partial charge in [-0.05, 0) is 26.3 Å². The quantitative estimate of drug-likeness (QED) is 0.806. The van der Waals surface area contributed by atoms with Crippen LogP contribution in [0.2, 0.25) is 0 Å². The third-order valence-corrected chi connectivity index (χ3v) is 2.66. The molecule has 0 fully saturated rings. The Balaban J connectivity index is 2.86. The molecule has 2 N–H and O–H groups in total. The maximum atomic E-state index is 9.82. The Morgan fingerprint density at radius 3 is 2.38 bits per heavy atom. The second-order valence-electron chi connectivity index (χ2n) is 4.03. The van der Waals surface area contributed by atoms with Gasteiger partial charge in [-0.15, -0.1) is 0 Å². The predicted molar refractivity (Wildman–Crippen MR) is 63.5 cm³/mol. The van der Waals surface area contributed by atoms with E-state index in [9.17, 15) is 10.2 Å². The fourth-order valence-electron chi connectivity index (χ4n) is 1.38. The lowest BCUT2D eigenvalue weighted by Gasteiger charge is -2.21. The van der Waals surface area contributed by atoms with Gasteiger partial charge in [0.15, 0.2) is 0 Å². The Morgan fingerprint density at radius 1 is 1.19 bits per heavy atom. The van der Waals surface area contributed by atoms with E-state index in [4.69, 9.17) is 4.74 Å². The van der Waals surface area contributed by atoms with Crippen LogP contribution in [0.15, 0.2) is 24.3 Å². The van der Waals surface area contributed by atoms with Crippen molar-refractivity contribution in [3.05, 3.63) is 29.8 Å². The molecule has 3 heteroatoms.